The number of imide groups is 1. The highest BCUT2D eigenvalue weighted by atomic mass is 35.5. The summed E-state index contributed by atoms with van der Waals surface area (Å²) in [6.07, 6.45) is -0.507. The van der Waals surface area contributed by atoms with E-state index in [0.717, 1.165) is 17.0 Å². The molecule has 1 saturated heterocycles. The molecule has 2 aromatic carbocycles. The third kappa shape index (κ3) is 4.35. The van der Waals surface area contributed by atoms with E-state index in [1.54, 1.807) is 0 Å². The van der Waals surface area contributed by atoms with Gasteiger partial charge in [-0.05, 0) is 41.0 Å². The Morgan fingerprint density at radius 3 is 2.40 bits per heavy atom. The van der Waals surface area contributed by atoms with E-state index >= 15 is 0 Å². The molecule has 2 heterocycles. The third-order valence-electron chi connectivity index (χ3n) is 6.01. The van der Waals surface area contributed by atoms with Crippen molar-refractivity contribution in [3.63, 3.8) is 0 Å². The van der Waals surface area contributed by atoms with Crippen LogP contribution in [0.5, 0.6) is 0 Å². The number of amides is 4. The molecule has 1 fully saturated rings. The van der Waals surface area contributed by atoms with Crippen LogP contribution < -0.4 is 10.6 Å². The van der Waals surface area contributed by atoms with E-state index in [9.17, 15) is 28.0 Å². The summed E-state index contributed by atoms with van der Waals surface area (Å²) in [4.78, 5) is 50.5. The molecule has 0 saturated carbocycles. The van der Waals surface area contributed by atoms with Crippen LogP contribution in [-0.2, 0) is 33.4 Å². The molecule has 1 atom stereocenters. The highest BCUT2D eigenvalue weighted by molar-refractivity contribution is 6.53. The van der Waals surface area contributed by atoms with Gasteiger partial charge in [0.05, 0.1) is 21.1 Å². The molecule has 0 aliphatic carbocycles. The topological polar surface area (TPSA) is 95.6 Å². The summed E-state index contributed by atoms with van der Waals surface area (Å²) in [6, 6.07) is 9.08. The molecule has 7 nitrogen and oxygen atoms in total. The van der Waals surface area contributed by atoms with Gasteiger partial charge in [0.25, 0.3) is 11.8 Å². The number of nitrogens with one attached hydrogen (secondary N) is 2. The molecule has 2 aliphatic heterocycles. The Kier molecular flexibility index (Phi) is 6.07. The monoisotopic (exact) mass is 491 g/mol. The Bertz CT molecular complexity index is 1260. The third-order valence-corrected chi connectivity index (χ3v) is 6.26. The number of rotatable bonds is 5. The van der Waals surface area contributed by atoms with Gasteiger partial charge in [-0.15, -0.1) is 0 Å². The number of benzene rings is 2. The molecule has 0 spiro atoms. The lowest BCUT2D eigenvalue weighted by atomic mass is 9.45. The average molecular weight is 491 g/mol. The van der Waals surface area contributed by atoms with Crippen LogP contribution in [0.4, 0.5) is 8.78 Å². The molecule has 6 radical (unpaired) electrons. The molecular formula is C22H15B3ClF2N3O4. The number of hydrogen-bond donors (Lipinski definition) is 2. The van der Waals surface area contributed by atoms with E-state index in [0.29, 0.717) is 11.1 Å². The van der Waals surface area contributed by atoms with Gasteiger partial charge in [-0.2, -0.15) is 8.78 Å². The molecule has 13 heteroatoms. The number of halogens is 3. The van der Waals surface area contributed by atoms with Crippen LogP contribution >= 0.6 is 11.6 Å². The van der Waals surface area contributed by atoms with Gasteiger partial charge in [-0.1, -0.05) is 35.9 Å². The zero-order valence-corrected chi connectivity index (χ0v) is 18.9. The van der Waals surface area contributed by atoms with Crippen molar-refractivity contribution in [1.82, 2.24) is 15.5 Å². The molecule has 35 heavy (non-hydrogen) atoms. The molecular weight excluding hydrogens is 476 g/mol. The maximum atomic E-state index is 14.5. The van der Waals surface area contributed by atoms with Crippen molar-refractivity contribution in [2.24, 2.45) is 0 Å². The molecule has 172 valence electrons. The van der Waals surface area contributed by atoms with Gasteiger partial charge in [0, 0.05) is 29.2 Å². The van der Waals surface area contributed by atoms with Gasteiger partial charge < -0.3 is 10.2 Å². The summed E-state index contributed by atoms with van der Waals surface area (Å²) in [7, 11) is 17.7. The van der Waals surface area contributed by atoms with Crippen molar-refractivity contribution >= 4 is 58.8 Å². The standard InChI is InChI=1S/C22H15B3ClF2N3O4/c23-20(24)10-21(25,18(34)30-17(20)33)31-9-12-7-11(1-6-15(12)16(31)32)8-29-19(35)22(27,28)13-2-4-14(26)5-3-13/h1-7H,8-10H2,(H,29,35)(H,30,33,34)/t21-/m0/s1. The smallest absolute Gasteiger partial charge is 0.346 e. The van der Waals surface area contributed by atoms with Crippen LogP contribution in [0.15, 0.2) is 42.5 Å². The van der Waals surface area contributed by atoms with Crippen molar-refractivity contribution in [3.8, 4) is 0 Å². The quantitative estimate of drug-likeness (QED) is 0.484. The fraction of sp³-hybridized carbons (Fsp3) is 0.273. The van der Waals surface area contributed by atoms with Crippen molar-refractivity contribution in [2.45, 2.75) is 36.1 Å². The van der Waals surface area contributed by atoms with E-state index in [4.69, 9.17) is 35.1 Å². The number of piperidine rings is 1. The molecule has 0 aromatic heterocycles. The summed E-state index contributed by atoms with van der Waals surface area (Å²) >= 11 is 5.71. The highest BCUT2D eigenvalue weighted by Crippen LogP contribution is 2.39. The van der Waals surface area contributed by atoms with E-state index in [2.05, 4.69) is 5.32 Å². The lowest BCUT2D eigenvalue weighted by molar-refractivity contribution is -0.147. The van der Waals surface area contributed by atoms with Crippen molar-refractivity contribution in [1.29, 1.82) is 0 Å². The molecule has 2 aromatic rings. The number of carbonyl (C=O) groups is 4. The normalized spacial score (nSPS) is 21.5. The molecule has 0 unspecified atom stereocenters. The molecule has 2 aliphatic rings. The Hall–Kier alpha value is -3.14. The summed E-state index contributed by atoms with van der Waals surface area (Å²) < 4.78 is 29.0. The van der Waals surface area contributed by atoms with Gasteiger partial charge in [0.15, 0.2) is 0 Å². The second-order valence-corrected chi connectivity index (χ2v) is 9.01. The lowest BCUT2D eigenvalue weighted by Gasteiger charge is -2.46. The minimum absolute atomic E-state index is 0.120. The summed E-state index contributed by atoms with van der Waals surface area (Å²) in [5, 5.41) is 2.45. The molecule has 4 amide bonds. The van der Waals surface area contributed by atoms with E-state index < -0.39 is 52.2 Å². The first kappa shape index (κ1) is 25.0. The first-order valence-electron chi connectivity index (χ1n) is 10.3. The molecule has 0 bridgehead atoms. The Morgan fingerprint density at radius 2 is 1.74 bits per heavy atom. The maximum Gasteiger partial charge on any atom is 0.349 e. The number of carbonyl (C=O) groups excluding carboxylic acids is 4. The van der Waals surface area contributed by atoms with Gasteiger partial charge in [-0.25, -0.2) is 0 Å². The van der Waals surface area contributed by atoms with E-state index in [1.807, 2.05) is 5.32 Å². The zero-order chi connectivity index (χ0) is 25.8. The fourth-order valence-corrected chi connectivity index (χ4v) is 4.17. The number of alkyl halides is 2. The van der Waals surface area contributed by atoms with E-state index in [-0.39, 0.29) is 23.7 Å². The minimum Gasteiger partial charge on any atom is -0.346 e. The zero-order valence-electron chi connectivity index (χ0n) is 18.1. The molecule has 2 N–H and O–H groups in total. The average Bonchev–Trinajstić information content (AvgIpc) is 3.12. The first-order valence-corrected chi connectivity index (χ1v) is 10.7. The summed E-state index contributed by atoms with van der Waals surface area (Å²) in [5.74, 6) is -7.73. The largest absolute Gasteiger partial charge is 0.349 e. The summed E-state index contributed by atoms with van der Waals surface area (Å²) in [6.45, 7) is -0.369. The second kappa shape index (κ2) is 8.51. The molecule has 4 rings (SSSR count). The number of nitrogens with zero attached hydrogens (tertiary/aromatic N) is 1. The van der Waals surface area contributed by atoms with Crippen LogP contribution in [0.3, 0.4) is 0 Å². The number of fused-ring (bicyclic) bond motifs is 1. The van der Waals surface area contributed by atoms with E-state index in [1.165, 1.54) is 30.3 Å². The van der Waals surface area contributed by atoms with Crippen molar-refractivity contribution in [2.75, 3.05) is 0 Å². The van der Waals surface area contributed by atoms with Gasteiger partial charge in [-0.3, -0.25) is 24.5 Å². The van der Waals surface area contributed by atoms with Gasteiger partial charge in [0.2, 0.25) is 11.8 Å². The van der Waals surface area contributed by atoms with Crippen LogP contribution in [0, 0.1) is 0 Å². The van der Waals surface area contributed by atoms with Gasteiger partial charge >= 0.3 is 5.92 Å². The number of hydrogen-bond acceptors (Lipinski definition) is 4. The van der Waals surface area contributed by atoms with Crippen LogP contribution in [0.1, 0.15) is 33.5 Å². The Balaban J connectivity index is 1.49. The lowest BCUT2D eigenvalue weighted by Crippen LogP contribution is -2.67. The van der Waals surface area contributed by atoms with Crippen LogP contribution in [0.2, 0.25) is 10.2 Å². The second-order valence-electron chi connectivity index (χ2n) is 8.57. The van der Waals surface area contributed by atoms with Crippen molar-refractivity contribution in [3.05, 3.63) is 69.7 Å². The highest BCUT2D eigenvalue weighted by Gasteiger charge is 2.53. The van der Waals surface area contributed by atoms with Crippen LogP contribution in [0.25, 0.3) is 0 Å². The maximum absolute atomic E-state index is 14.5. The van der Waals surface area contributed by atoms with Crippen molar-refractivity contribution < 1.29 is 28.0 Å². The predicted molar refractivity (Wildman–Crippen MR) is 124 cm³/mol. The van der Waals surface area contributed by atoms with Gasteiger partial charge in [0.1, 0.15) is 7.85 Å². The first-order chi connectivity index (χ1) is 16.3. The Morgan fingerprint density at radius 1 is 1.09 bits per heavy atom. The summed E-state index contributed by atoms with van der Waals surface area (Å²) in [5.41, 5.74) is -1.40. The predicted octanol–water partition coefficient (Wildman–Crippen LogP) is 1.07. The van der Waals surface area contributed by atoms with Crippen LogP contribution in [-0.4, -0.2) is 57.5 Å². The minimum atomic E-state index is -3.79. The fourth-order valence-electron chi connectivity index (χ4n) is 4.04. The SMILES string of the molecule is [B]C1([B])C[C@]([B])(N2Cc3cc(CNC(=O)C(F)(F)c4ccc(Cl)cc4)ccc3C2=O)C(=O)NC1=O. The Labute approximate surface area is 208 Å².